The van der Waals surface area contributed by atoms with Gasteiger partial charge in [-0.15, -0.1) is 23.7 Å². The maximum atomic E-state index is 13.9. The lowest BCUT2D eigenvalue weighted by atomic mass is 9.72. The van der Waals surface area contributed by atoms with Crippen LogP contribution in [0.2, 0.25) is 0 Å². The lowest BCUT2D eigenvalue weighted by molar-refractivity contribution is -0.141. The molecular formula is C31H40ClN5O4S2. The minimum absolute atomic E-state index is 0. The summed E-state index contributed by atoms with van der Waals surface area (Å²) in [6.07, 6.45) is 8.97. The van der Waals surface area contributed by atoms with Crippen molar-refractivity contribution in [2.75, 3.05) is 17.8 Å². The summed E-state index contributed by atoms with van der Waals surface area (Å²) in [6.45, 7) is 0.939. The molecule has 2 aromatic heterocycles. The maximum absolute atomic E-state index is 13.9. The molecule has 1 saturated carbocycles. The third-order valence-electron chi connectivity index (χ3n) is 8.43. The van der Waals surface area contributed by atoms with Crippen LogP contribution in [0, 0.1) is 5.41 Å². The smallest absolute Gasteiger partial charge is 0.279 e. The van der Waals surface area contributed by atoms with Crippen LogP contribution in [0.15, 0.2) is 71.2 Å². The van der Waals surface area contributed by atoms with E-state index in [-0.39, 0.29) is 35.3 Å². The standard InChI is InChI=1S/C31H39N5O4S2.ClH/c32-27(21-26-9-6-20-41-26)29(37)36-18-15-31(16-19-36,30(38)34-24-7-2-1-3-8-24)22-23-11-13-25(14-12-23)35-42(39,40)28-10-4-5-17-33-28;/h4-6,9-14,17,20,24,27,35H,1-3,7-8,15-16,18-19,21-22,32H2,(H,34,38);1H. The van der Waals surface area contributed by atoms with E-state index in [1.165, 1.54) is 18.7 Å². The minimum atomic E-state index is -3.81. The summed E-state index contributed by atoms with van der Waals surface area (Å²) < 4.78 is 27.9. The molecule has 0 bridgehead atoms. The van der Waals surface area contributed by atoms with E-state index in [0.29, 0.717) is 44.5 Å². The van der Waals surface area contributed by atoms with E-state index in [4.69, 9.17) is 5.73 Å². The van der Waals surface area contributed by atoms with Crippen molar-refractivity contribution in [3.63, 3.8) is 0 Å². The van der Waals surface area contributed by atoms with Gasteiger partial charge in [-0.1, -0.05) is 43.5 Å². The van der Waals surface area contributed by atoms with Crippen LogP contribution in [-0.2, 0) is 32.5 Å². The van der Waals surface area contributed by atoms with E-state index in [9.17, 15) is 18.0 Å². The first kappa shape index (κ1) is 32.9. The van der Waals surface area contributed by atoms with Gasteiger partial charge < -0.3 is 16.0 Å². The zero-order valence-corrected chi connectivity index (χ0v) is 26.6. The molecule has 1 saturated heterocycles. The Hall–Kier alpha value is -2.99. The molecule has 1 atom stereocenters. The minimum Gasteiger partial charge on any atom is -0.353 e. The number of nitrogens with one attached hydrogen (secondary N) is 2. The van der Waals surface area contributed by atoms with Gasteiger partial charge in [-0.2, -0.15) is 8.42 Å². The SMILES string of the molecule is Cl.NC(Cc1cccs1)C(=O)N1CCC(Cc2ccc(NS(=O)(=O)c3ccccn3)cc2)(C(=O)NC2CCCCC2)CC1. The number of nitrogens with two attached hydrogens (primary N) is 1. The first-order chi connectivity index (χ1) is 20.2. The zero-order valence-electron chi connectivity index (χ0n) is 24.1. The summed E-state index contributed by atoms with van der Waals surface area (Å²) in [5.41, 5.74) is 6.98. The largest absolute Gasteiger partial charge is 0.353 e. The number of benzene rings is 1. The molecule has 0 radical (unpaired) electrons. The highest BCUT2D eigenvalue weighted by Crippen LogP contribution is 2.37. The number of halogens is 1. The summed E-state index contributed by atoms with van der Waals surface area (Å²) in [7, 11) is -3.81. The van der Waals surface area contributed by atoms with Crippen molar-refractivity contribution in [2.24, 2.45) is 11.1 Å². The van der Waals surface area contributed by atoms with Crippen molar-refractivity contribution < 1.29 is 18.0 Å². The van der Waals surface area contributed by atoms with E-state index in [0.717, 1.165) is 36.1 Å². The topological polar surface area (TPSA) is 134 Å². The number of hydrogen-bond donors (Lipinski definition) is 3. The molecule has 12 heteroatoms. The van der Waals surface area contributed by atoms with Gasteiger partial charge in [0.2, 0.25) is 11.8 Å². The maximum Gasteiger partial charge on any atom is 0.279 e. The fourth-order valence-corrected chi connectivity index (χ4v) is 7.76. The average Bonchev–Trinajstić information content (AvgIpc) is 3.52. The molecule has 3 heterocycles. The molecule has 9 nitrogen and oxygen atoms in total. The highest BCUT2D eigenvalue weighted by molar-refractivity contribution is 7.92. The van der Waals surface area contributed by atoms with Crippen LogP contribution in [0.4, 0.5) is 5.69 Å². The van der Waals surface area contributed by atoms with Crippen LogP contribution in [0.5, 0.6) is 0 Å². The van der Waals surface area contributed by atoms with Gasteiger partial charge in [-0.3, -0.25) is 14.3 Å². The number of carbonyl (C=O) groups excluding carboxylic acids is 2. The van der Waals surface area contributed by atoms with Crippen LogP contribution in [0.3, 0.4) is 0 Å². The third-order valence-corrected chi connectivity index (χ3v) is 10.6. The number of carbonyl (C=O) groups is 2. The third kappa shape index (κ3) is 8.35. The van der Waals surface area contributed by atoms with E-state index >= 15 is 0 Å². The number of hydrogen-bond acceptors (Lipinski definition) is 7. The number of anilines is 1. The first-order valence-corrected chi connectivity index (χ1v) is 17.0. The van der Waals surface area contributed by atoms with E-state index in [1.54, 1.807) is 40.5 Å². The molecule has 1 aliphatic heterocycles. The van der Waals surface area contributed by atoms with Gasteiger partial charge in [-0.25, -0.2) is 4.98 Å². The van der Waals surface area contributed by atoms with Gasteiger partial charge in [0.25, 0.3) is 10.0 Å². The molecule has 2 amide bonds. The van der Waals surface area contributed by atoms with E-state index < -0.39 is 21.5 Å². The Morgan fingerprint density at radius 3 is 2.37 bits per heavy atom. The summed E-state index contributed by atoms with van der Waals surface area (Å²) >= 11 is 1.59. The fourth-order valence-electron chi connectivity index (χ4n) is 5.99. The second kappa shape index (κ2) is 14.7. The molecule has 232 valence electrons. The lowest BCUT2D eigenvalue weighted by Crippen LogP contribution is -2.55. The predicted octanol–water partition coefficient (Wildman–Crippen LogP) is 4.54. The molecule has 4 N–H and O–H groups in total. The van der Waals surface area contributed by atoms with Gasteiger partial charge >= 0.3 is 0 Å². The predicted molar refractivity (Wildman–Crippen MR) is 172 cm³/mol. The molecule has 5 rings (SSSR count). The van der Waals surface area contributed by atoms with Gasteiger partial charge in [0, 0.05) is 42.3 Å². The quantitative estimate of drug-likeness (QED) is 0.297. The second-order valence-corrected chi connectivity index (χ2v) is 14.1. The number of likely N-dealkylation sites (tertiary alicyclic amines) is 1. The number of nitrogens with zero attached hydrogens (tertiary/aromatic N) is 2. The average molecular weight is 646 g/mol. The molecule has 1 aliphatic carbocycles. The Balaban J connectivity index is 0.00000423. The van der Waals surface area contributed by atoms with Crippen LogP contribution in [-0.4, -0.2) is 55.3 Å². The van der Waals surface area contributed by atoms with Crippen LogP contribution in [0.25, 0.3) is 0 Å². The van der Waals surface area contributed by atoms with Gasteiger partial charge in [0.05, 0.1) is 11.5 Å². The molecule has 1 aromatic carbocycles. The summed E-state index contributed by atoms with van der Waals surface area (Å²) in [5, 5.41) is 5.27. The summed E-state index contributed by atoms with van der Waals surface area (Å²) in [6, 6.07) is 15.4. The molecule has 43 heavy (non-hydrogen) atoms. The van der Waals surface area contributed by atoms with Crippen LogP contribution >= 0.6 is 23.7 Å². The van der Waals surface area contributed by atoms with Crippen molar-refractivity contribution >= 4 is 51.3 Å². The Morgan fingerprint density at radius 1 is 1.02 bits per heavy atom. The molecule has 2 aliphatic rings. The zero-order chi connectivity index (χ0) is 29.6. The van der Waals surface area contributed by atoms with Crippen LogP contribution < -0.4 is 15.8 Å². The van der Waals surface area contributed by atoms with Gasteiger partial charge in [-0.05, 0) is 73.4 Å². The van der Waals surface area contributed by atoms with Crippen LogP contribution in [0.1, 0.15) is 55.4 Å². The molecule has 1 unspecified atom stereocenters. The number of rotatable bonds is 10. The summed E-state index contributed by atoms with van der Waals surface area (Å²) in [5.74, 6) is -0.0291. The van der Waals surface area contributed by atoms with E-state index in [1.807, 2.05) is 29.6 Å². The normalized spacial score (nSPS) is 17.8. The van der Waals surface area contributed by atoms with Crippen molar-refractivity contribution in [3.8, 4) is 0 Å². The Morgan fingerprint density at radius 2 is 1.74 bits per heavy atom. The fraction of sp³-hybridized carbons (Fsp3) is 0.452. The first-order valence-electron chi connectivity index (χ1n) is 14.6. The molecule has 3 aromatic rings. The lowest BCUT2D eigenvalue weighted by Gasteiger charge is -2.42. The Labute approximate surface area is 264 Å². The van der Waals surface area contributed by atoms with Crippen molar-refractivity contribution in [1.29, 1.82) is 0 Å². The number of amides is 2. The highest BCUT2D eigenvalue weighted by atomic mass is 35.5. The van der Waals surface area contributed by atoms with Crippen molar-refractivity contribution in [3.05, 3.63) is 76.6 Å². The molecule has 2 fully saturated rings. The number of thiophene rings is 1. The van der Waals surface area contributed by atoms with Gasteiger partial charge in [0.15, 0.2) is 5.03 Å². The van der Waals surface area contributed by atoms with Crippen molar-refractivity contribution in [1.82, 2.24) is 15.2 Å². The van der Waals surface area contributed by atoms with Gasteiger partial charge in [0.1, 0.15) is 0 Å². The number of aromatic nitrogens is 1. The number of piperidine rings is 1. The van der Waals surface area contributed by atoms with E-state index in [2.05, 4.69) is 15.0 Å². The number of pyridine rings is 1. The Bertz CT molecular complexity index is 1440. The summed E-state index contributed by atoms with van der Waals surface area (Å²) in [4.78, 5) is 33.9. The monoisotopic (exact) mass is 645 g/mol. The Kier molecular flexibility index (Phi) is 11.2. The molecular weight excluding hydrogens is 606 g/mol. The number of sulfonamides is 1. The second-order valence-electron chi connectivity index (χ2n) is 11.5. The molecule has 0 spiro atoms. The van der Waals surface area contributed by atoms with Crippen molar-refractivity contribution in [2.45, 2.75) is 74.9 Å². The highest BCUT2D eigenvalue weighted by Gasteiger charge is 2.43.